The largest absolute Gasteiger partial charge is 0.493 e. The van der Waals surface area contributed by atoms with Gasteiger partial charge in [0.25, 0.3) is 33.4 Å². The number of nitrogens with zero attached hydrogens (tertiary/aromatic N) is 6. The van der Waals surface area contributed by atoms with Crippen molar-refractivity contribution in [1.82, 2.24) is 34.7 Å². The minimum Gasteiger partial charge on any atom is -0.493 e. The first-order valence-electron chi connectivity index (χ1n) is 33.1. The van der Waals surface area contributed by atoms with Gasteiger partial charge in [0, 0.05) is 118 Å². The van der Waals surface area contributed by atoms with Crippen LogP contribution in [0.4, 0.5) is 22.7 Å². The Kier molecular flexibility index (Phi) is 22.5. The lowest BCUT2D eigenvalue weighted by Crippen LogP contribution is -2.54. The van der Waals surface area contributed by atoms with Crippen LogP contribution in [0.3, 0.4) is 0 Å². The minimum atomic E-state index is -4.62. The Bertz CT molecular complexity index is 4160. The molecule has 0 radical (unpaired) electrons. The van der Waals surface area contributed by atoms with Crippen LogP contribution in [0.1, 0.15) is 75.2 Å². The standard InChI is InChI=1S/C70H78ClN11O15S/c71-50-9-7-48(8-10-50)54-3-2-6-62(96-45-47-18-24-78(25-19-47)30-34-94-36-38-95-37-35-93-33-23-72-59-5-1-4-56-65(59)70(87)81(69(56)86)60-15-16-64(83)76-68(60)85)57(54)44-79-26-28-80(29-27-79)51-11-13-55(63(40-51)97-52-39-49-17-22-73-66(49)75-43-52)67(84)77-98(90,91)53-12-14-58(61(41-53)82(88)89)74-42-46-20-31-92-32-21-46/h1-14,17,22,39-41,43,46-47,60,72,74H,15-16,18-21,23-38,42,44-45H2,(H,73,75)(H,77,84)(H,76,83,85). The van der Waals surface area contributed by atoms with Gasteiger partial charge in [-0.1, -0.05) is 41.9 Å². The third kappa shape index (κ3) is 16.9. The van der Waals surface area contributed by atoms with Crippen molar-refractivity contribution in [1.29, 1.82) is 0 Å². The molecule has 5 N–H and O–H groups in total. The summed E-state index contributed by atoms with van der Waals surface area (Å²) in [7, 11) is -4.62. The van der Waals surface area contributed by atoms with Gasteiger partial charge >= 0.3 is 0 Å². The summed E-state index contributed by atoms with van der Waals surface area (Å²) in [4.78, 5) is 91.4. The van der Waals surface area contributed by atoms with Gasteiger partial charge in [0.05, 0.1) is 79.0 Å². The number of carbonyl (C=O) groups excluding carboxylic acids is 5. The molecule has 26 nitrogen and oxygen atoms in total. The normalized spacial score (nSPS) is 17.5. The lowest BCUT2D eigenvalue weighted by Gasteiger charge is -2.37. The van der Waals surface area contributed by atoms with Crippen molar-refractivity contribution in [2.24, 2.45) is 11.8 Å². The Labute approximate surface area is 571 Å². The lowest BCUT2D eigenvalue weighted by molar-refractivity contribution is -0.384. The van der Waals surface area contributed by atoms with Crippen molar-refractivity contribution in [3.63, 3.8) is 0 Å². The molecule has 1 atom stereocenters. The SMILES string of the molecule is O=C1CCC(N2C(=O)c3cccc(NCCOCCOCCOCCN4CCC(COc5cccc(-c6ccc(Cl)cc6)c5CN5CCN(c6ccc(C(=O)NS(=O)(=O)c7ccc(NCC8CCOCC8)c([N+](=O)[O-])c7)c(Oc7cnc8[nH]ccc8c7)c6)CC5)CC4)c3C2=O)C(=O)N1. The third-order valence-electron chi connectivity index (χ3n) is 18.4. The first-order chi connectivity index (χ1) is 47.6. The fraction of sp³-hybridized carbons (Fsp3) is 0.400. The second-order valence-electron chi connectivity index (χ2n) is 24.8. The Morgan fingerprint density at radius 2 is 1.48 bits per heavy atom. The summed E-state index contributed by atoms with van der Waals surface area (Å²) in [5.41, 5.74) is 5.03. The number of rotatable bonds is 30. The quantitative estimate of drug-likeness (QED) is 0.0122. The zero-order valence-corrected chi connectivity index (χ0v) is 55.6. The molecule has 7 heterocycles. The molecule has 0 saturated carbocycles. The summed E-state index contributed by atoms with van der Waals surface area (Å²) in [6.07, 6.45) is 6.95. The number of halogens is 1. The van der Waals surface area contributed by atoms with Crippen molar-refractivity contribution in [3.05, 3.63) is 159 Å². The van der Waals surface area contributed by atoms with E-state index in [-0.39, 0.29) is 46.9 Å². The van der Waals surface area contributed by atoms with E-state index in [0.29, 0.717) is 133 Å². The van der Waals surface area contributed by atoms with E-state index < -0.39 is 61.1 Å². The van der Waals surface area contributed by atoms with Gasteiger partial charge in [0.1, 0.15) is 34.6 Å². The molecule has 28 heteroatoms. The molecule has 5 aliphatic rings. The van der Waals surface area contributed by atoms with Crippen LogP contribution in [0, 0.1) is 22.0 Å². The molecule has 0 aliphatic carbocycles. The highest BCUT2D eigenvalue weighted by Gasteiger charge is 2.46. The van der Waals surface area contributed by atoms with Gasteiger partial charge < -0.3 is 53.8 Å². The summed E-state index contributed by atoms with van der Waals surface area (Å²) in [6, 6.07) is 30.0. The van der Waals surface area contributed by atoms with E-state index in [9.17, 15) is 42.5 Å². The predicted octanol–water partition coefficient (Wildman–Crippen LogP) is 8.52. The van der Waals surface area contributed by atoms with Crippen LogP contribution >= 0.6 is 11.6 Å². The van der Waals surface area contributed by atoms with Gasteiger partial charge in [-0.3, -0.25) is 49.2 Å². The Balaban J connectivity index is 0.598. The van der Waals surface area contributed by atoms with Crippen molar-refractivity contribution >= 4 is 84.9 Å². The summed E-state index contributed by atoms with van der Waals surface area (Å²) in [6.45, 7) is 10.9. The number of nitro groups is 1. The number of nitro benzene ring substituents is 1. The monoisotopic (exact) mass is 1380 g/mol. The molecule has 516 valence electrons. The molecule has 98 heavy (non-hydrogen) atoms. The number of amides is 5. The third-order valence-corrected chi connectivity index (χ3v) is 19.9. The van der Waals surface area contributed by atoms with E-state index in [1.54, 1.807) is 42.6 Å². The topological polar surface area (TPSA) is 308 Å². The molecule has 2 aromatic heterocycles. The van der Waals surface area contributed by atoms with E-state index in [1.165, 1.54) is 24.4 Å². The van der Waals surface area contributed by atoms with Crippen LogP contribution in [0.5, 0.6) is 17.2 Å². The van der Waals surface area contributed by atoms with Gasteiger partial charge in [-0.05, 0) is 135 Å². The van der Waals surface area contributed by atoms with Gasteiger partial charge in [0.2, 0.25) is 11.8 Å². The van der Waals surface area contributed by atoms with E-state index in [4.69, 9.17) is 40.0 Å². The number of benzene rings is 5. The maximum atomic E-state index is 14.2. The number of nitrogens with one attached hydrogen (secondary N) is 5. The molecule has 0 bridgehead atoms. The van der Waals surface area contributed by atoms with Crippen LogP contribution in [-0.2, 0) is 45.1 Å². The highest BCUT2D eigenvalue weighted by Crippen LogP contribution is 2.38. The number of hydrogen-bond donors (Lipinski definition) is 5. The van der Waals surface area contributed by atoms with Crippen LogP contribution in [-0.4, -0.2) is 192 Å². The number of piperidine rings is 2. The van der Waals surface area contributed by atoms with Crippen LogP contribution < -0.4 is 35.0 Å². The number of carbonyl (C=O) groups is 5. The lowest BCUT2D eigenvalue weighted by atomic mass is 9.96. The van der Waals surface area contributed by atoms with E-state index in [2.05, 4.69) is 51.4 Å². The number of anilines is 3. The number of H-pyrrole nitrogens is 1. The van der Waals surface area contributed by atoms with E-state index >= 15 is 0 Å². The van der Waals surface area contributed by atoms with Crippen molar-refractivity contribution in [3.8, 4) is 28.4 Å². The molecular formula is C70H78ClN11O15S. The zero-order chi connectivity index (χ0) is 68.1. The Morgan fingerprint density at radius 3 is 2.24 bits per heavy atom. The van der Waals surface area contributed by atoms with Crippen LogP contribution in [0.25, 0.3) is 22.2 Å². The van der Waals surface area contributed by atoms with Crippen molar-refractivity contribution < 1.29 is 65.7 Å². The maximum absolute atomic E-state index is 14.2. The zero-order valence-electron chi connectivity index (χ0n) is 54.0. The average Bonchev–Trinajstić information content (AvgIpc) is 1.57. The summed E-state index contributed by atoms with van der Waals surface area (Å²) in [5.74, 6) is -1.39. The highest BCUT2D eigenvalue weighted by atomic mass is 35.5. The number of aromatic nitrogens is 2. The number of likely N-dealkylation sites (tertiary alicyclic amines) is 1. The molecule has 5 amide bonds. The number of piperazine rings is 1. The average molecular weight is 1380 g/mol. The summed E-state index contributed by atoms with van der Waals surface area (Å²) in [5, 5.41) is 22.1. The van der Waals surface area contributed by atoms with Crippen molar-refractivity contribution in [2.45, 2.75) is 56.0 Å². The van der Waals surface area contributed by atoms with Crippen molar-refractivity contribution in [2.75, 3.05) is 134 Å². The second-order valence-corrected chi connectivity index (χ2v) is 26.9. The predicted molar refractivity (Wildman–Crippen MR) is 365 cm³/mol. The fourth-order valence-electron chi connectivity index (χ4n) is 12.9. The minimum absolute atomic E-state index is 0.0476. The smallest absolute Gasteiger partial charge is 0.293 e. The molecule has 12 rings (SSSR count). The number of sulfonamides is 1. The molecule has 1 unspecified atom stereocenters. The Hall–Kier alpha value is -9.06. The van der Waals surface area contributed by atoms with E-state index in [0.717, 1.165) is 89.8 Å². The molecule has 4 fully saturated rings. The van der Waals surface area contributed by atoms with Gasteiger partial charge in [-0.15, -0.1) is 0 Å². The maximum Gasteiger partial charge on any atom is 0.293 e. The summed E-state index contributed by atoms with van der Waals surface area (Å²) < 4.78 is 65.9. The molecule has 7 aromatic rings. The molecular weight excluding hydrogens is 1300 g/mol. The van der Waals surface area contributed by atoms with Gasteiger partial charge in [-0.2, -0.15) is 0 Å². The van der Waals surface area contributed by atoms with Crippen LogP contribution in [0.2, 0.25) is 5.02 Å². The number of pyridine rings is 1. The molecule has 5 aromatic carbocycles. The molecule has 0 spiro atoms. The number of imide groups is 2. The first kappa shape index (κ1) is 68.9. The van der Waals surface area contributed by atoms with E-state index in [1.807, 2.05) is 42.5 Å². The van der Waals surface area contributed by atoms with Crippen LogP contribution in [0.15, 0.2) is 126 Å². The number of fused-ring (bicyclic) bond motifs is 2. The second kappa shape index (κ2) is 32.1. The number of hydrogen-bond acceptors (Lipinski definition) is 21. The first-order valence-corrected chi connectivity index (χ1v) is 34.9. The molecule has 4 saturated heterocycles. The fourth-order valence-corrected chi connectivity index (χ4v) is 14.0. The Morgan fingerprint density at radius 1 is 0.735 bits per heavy atom. The van der Waals surface area contributed by atoms with Gasteiger partial charge in [-0.25, -0.2) is 18.1 Å². The number of aromatic amines is 1. The highest BCUT2D eigenvalue weighted by molar-refractivity contribution is 7.90. The van der Waals surface area contributed by atoms with Gasteiger partial charge in [0.15, 0.2) is 0 Å². The molecule has 5 aliphatic heterocycles. The summed E-state index contributed by atoms with van der Waals surface area (Å²) >= 11 is 6.38. The number of ether oxygens (including phenoxy) is 6.